The number of pyridine rings is 1. The van der Waals surface area contributed by atoms with Crippen molar-refractivity contribution in [3.8, 4) is 0 Å². The number of carbonyl (C=O) groups is 1. The molecule has 0 atom stereocenters. The van der Waals surface area contributed by atoms with E-state index in [4.69, 9.17) is 5.11 Å². The van der Waals surface area contributed by atoms with Crippen LogP contribution in [0, 0.1) is 5.82 Å². The molecule has 0 fully saturated rings. The molecule has 1 N–H and O–H groups in total. The monoisotopic (exact) mass is 249 g/mol. The van der Waals surface area contributed by atoms with Crippen LogP contribution in [0.4, 0.5) is 4.39 Å². The molecule has 2 rings (SSSR count). The summed E-state index contributed by atoms with van der Waals surface area (Å²) in [6, 6.07) is 9.19. The van der Waals surface area contributed by atoms with Crippen LogP contribution in [0.1, 0.15) is 10.5 Å². The number of aromatic nitrogens is 1. The SMILES string of the molecule is O=C(O)c1ncccc1Sc1ccc(F)cc1. The summed E-state index contributed by atoms with van der Waals surface area (Å²) in [5, 5.41) is 8.95. The molecular formula is C12H8FNO2S. The van der Waals surface area contributed by atoms with E-state index in [1.807, 2.05) is 0 Å². The van der Waals surface area contributed by atoms with Crippen molar-refractivity contribution in [2.45, 2.75) is 9.79 Å². The summed E-state index contributed by atoms with van der Waals surface area (Å²) in [4.78, 5) is 16.0. The van der Waals surface area contributed by atoms with E-state index in [9.17, 15) is 9.18 Å². The fraction of sp³-hybridized carbons (Fsp3) is 0. The van der Waals surface area contributed by atoms with E-state index in [0.717, 1.165) is 4.90 Å². The molecule has 0 amide bonds. The second kappa shape index (κ2) is 4.97. The van der Waals surface area contributed by atoms with Gasteiger partial charge in [0.1, 0.15) is 5.82 Å². The molecule has 0 aliphatic carbocycles. The number of hydrogen-bond donors (Lipinski definition) is 1. The van der Waals surface area contributed by atoms with Crippen molar-refractivity contribution in [2.24, 2.45) is 0 Å². The first-order valence-corrected chi connectivity index (χ1v) is 5.60. The van der Waals surface area contributed by atoms with Gasteiger partial charge in [0.05, 0.1) is 0 Å². The third kappa shape index (κ3) is 2.82. The van der Waals surface area contributed by atoms with Crippen LogP contribution in [0.5, 0.6) is 0 Å². The molecule has 0 radical (unpaired) electrons. The lowest BCUT2D eigenvalue weighted by molar-refractivity contribution is 0.0686. The first kappa shape index (κ1) is 11.6. The van der Waals surface area contributed by atoms with Gasteiger partial charge in [-0.05, 0) is 36.4 Å². The minimum absolute atomic E-state index is 0.00169. The predicted octanol–water partition coefficient (Wildman–Crippen LogP) is 3.07. The zero-order valence-corrected chi connectivity index (χ0v) is 9.45. The molecule has 5 heteroatoms. The van der Waals surface area contributed by atoms with Crippen molar-refractivity contribution >= 4 is 17.7 Å². The standard InChI is InChI=1S/C12H8FNO2S/c13-8-3-5-9(6-4-8)17-10-2-1-7-14-11(10)12(15)16/h1-7H,(H,15,16). The molecule has 1 aromatic heterocycles. The third-order valence-corrected chi connectivity index (χ3v) is 3.07. The topological polar surface area (TPSA) is 50.2 Å². The van der Waals surface area contributed by atoms with E-state index in [2.05, 4.69) is 4.98 Å². The lowest BCUT2D eigenvalue weighted by Crippen LogP contribution is -2.01. The van der Waals surface area contributed by atoms with E-state index in [1.54, 1.807) is 24.3 Å². The van der Waals surface area contributed by atoms with Crippen molar-refractivity contribution in [3.63, 3.8) is 0 Å². The highest BCUT2D eigenvalue weighted by Gasteiger charge is 2.11. The second-order valence-electron chi connectivity index (χ2n) is 3.21. The van der Waals surface area contributed by atoms with Gasteiger partial charge in [0.2, 0.25) is 0 Å². The Bertz CT molecular complexity index is 542. The van der Waals surface area contributed by atoms with E-state index in [0.29, 0.717) is 4.90 Å². The Morgan fingerprint density at radius 3 is 2.59 bits per heavy atom. The molecule has 0 unspecified atom stereocenters. The molecule has 1 heterocycles. The maximum absolute atomic E-state index is 12.7. The molecule has 0 bridgehead atoms. The van der Waals surface area contributed by atoms with Gasteiger partial charge in [-0.1, -0.05) is 11.8 Å². The summed E-state index contributed by atoms with van der Waals surface area (Å²) in [5.41, 5.74) is 0.00169. The number of carboxylic acids is 1. The van der Waals surface area contributed by atoms with Crippen LogP contribution in [0.15, 0.2) is 52.4 Å². The Balaban J connectivity index is 2.30. The molecule has 86 valence electrons. The van der Waals surface area contributed by atoms with Gasteiger partial charge in [-0.2, -0.15) is 0 Å². The first-order valence-electron chi connectivity index (χ1n) is 4.78. The molecule has 1 aromatic carbocycles. The zero-order chi connectivity index (χ0) is 12.3. The van der Waals surface area contributed by atoms with Gasteiger partial charge in [0.15, 0.2) is 5.69 Å². The maximum Gasteiger partial charge on any atom is 0.355 e. The number of aromatic carboxylic acids is 1. The fourth-order valence-electron chi connectivity index (χ4n) is 1.26. The van der Waals surface area contributed by atoms with Crippen LogP contribution in [-0.2, 0) is 0 Å². The summed E-state index contributed by atoms with van der Waals surface area (Å²) >= 11 is 1.24. The van der Waals surface area contributed by atoms with Crippen molar-refractivity contribution in [3.05, 3.63) is 54.1 Å². The Morgan fingerprint density at radius 2 is 1.94 bits per heavy atom. The number of carboxylic acid groups (broad SMARTS) is 1. The fourth-order valence-corrected chi connectivity index (χ4v) is 2.17. The zero-order valence-electron chi connectivity index (χ0n) is 8.63. The van der Waals surface area contributed by atoms with E-state index < -0.39 is 5.97 Å². The maximum atomic E-state index is 12.7. The quantitative estimate of drug-likeness (QED) is 0.908. The summed E-state index contributed by atoms with van der Waals surface area (Å²) in [7, 11) is 0. The van der Waals surface area contributed by atoms with Crippen LogP contribution >= 0.6 is 11.8 Å². The van der Waals surface area contributed by atoms with Gasteiger partial charge in [0.25, 0.3) is 0 Å². The molecule has 3 nitrogen and oxygen atoms in total. The van der Waals surface area contributed by atoms with Crippen LogP contribution in [0.2, 0.25) is 0 Å². The average molecular weight is 249 g/mol. The van der Waals surface area contributed by atoms with Crippen molar-refractivity contribution in [1.29, 1.82) is 0 Å². The number of rotatable bonds is 3. The number of halogens is 1. The van der Waals surface area contributed by atoms with Crippen LogP contribution in [-0.4, -0.2) is 16.1 Å². The number of nitrogens with zero attached hydrogens (tertiary/aromatic N) is 1. The summed E-state index contributed by atoms with van der Waals surface area (Å²) in [6.07, 6.45) is 1.43. The minimum Gasteiger partial charge on any atom is -0.476 e. The molecular weight excluding hydrogens is 241 g/mol. The Hall–Kier alpha value is -1.88. The number of benzene rings is 1. The van der Waals surface area contributed by atoms with E-state index in [1.165, 1.54) is 30.1 Å². The molecule has 0 saturated carbocycles. The van der Waals surface area contributed by atoms with Gasteiger partial charge in [-0.15, -0.1) is 0 Å². The molecule has 0 saturated heterocycles. The Labute approximate surface area is 101 Å². The summed E-state index contributed by atoms with van der Waals surface area (Å²) < 4.78 is 12.7. The third-order valence-electron chi connectivity index (χ3n) is 2.01. The Kier molecular flexibility index (Phi) is 3.39. The number of hydrogen-bond acceptors (Lipinski definition) is 3. The largest absolute Gasteiger partial charge is 0.476 e. The van der Waals surface area contributed by atoms with Gasteiger partial charge < -0.3 is 5.11 Å². The average Bonchev–Trinajstić information content (AvgIpc) is 2.32. The molecule has 2 aromatic rings. The van der Waals surface area contributed by atoms with Crippen molar-refractivity contribution in [1.82, 2.24) is 4.98 Å². The smallest absolute Gasteiger partial charge is 0.355 e. The summed E-state index contributed by atoms with van der Waals surface area (Å²) in [5.74, 6) is -1.39. The first-order chi connectivity index (χ1) is 8.16. The van der Waals surface area contributed by atoms with Gasteiger partial charge in [-0.3, -0.25) is 0 Å². The van der Waals surface area contributed by atoms with E-state index >= 15 is 0 Å². The molecule has 0 spiro atoms. The lowest BCUT2D eigenvalue weighted by Gasteiger charge is -2.04. The van der Waals surface area contributed by atoms with Gasteiger partial charge >= 0.3 is 5.97 Å². The minimum atomic E-state index is -1.07. The van der Waals surface area contributed by atoms with Crippen LogP contribution in [0.3, 0.4) is 0 Å². The van der Waals surface area contributed by atoms with Gasteiger partial charge in [-0.25, -0.2) is 14.2 Å². The Morgan fingerprint density at radius 1 is 1.24 bits per heavy atom. The predicted molar refractivity (Wildman–Crippen MR) is 61.7 cm³/mol. The molecule has 0 aliphatic rings. The lowest BCUT2D eigenvalue weighted by atomic mass is 10.3. The second-order valence-corrected chi connectivity index (χ2v) is 4.33. The molecule has 17 heavy (non-hydrogen) atoms. The highest BCUT2D eigenvalue weighted by Crippen LogP contribution is 2.29. The van der Waals surface area contributed by atoms with Crippen molar-refractivity contribution in [2.75, 3.05) is 0 Å². The highest BCUT2D eigenvalue weighted by atomic mass is 32.2. The van der Waals surface area contributed by atoms with Crippen LogP contribution < -0.4 is 0 Å². The van der Waals surface area contributed by atoms with Crippen LogP contribution in [0.25, 0.3) is 0 Å². The van der Waals surface area contributed by atoms with Crippen molar-refractivity contribution < 1.29 is 14.3 Å². The summed E-state index contributed by atoms with van der Waals surface area (Å²) in [6.45, 7) is 0. The highest BCUT2D eigenvalue weighted by molar-refractivity contribution is 7.99. The van der Waals surface area contributed by atoms with E-state index in [-0.39, 0.29) is 11.5 Å². The molecule has 0 aliphatic heterocycles. The normalized spacial score (nSPS) is 10.2. The van der Waals surface area contributed by atoms with Gasteiger partial charge in [0, 0.05) is 16.0 Å².